The zero-order chi connectivity index (χ0) is 17.3. The van der Waals surface area contributed by atoms with Crippen LogP contribution >= 0.6 is 0 Å². The van der Waals surface area contributed by atoms with E-state index in [9.17, 15) is 14.7 Å². The quantitative estimate of drug-likeness (QED) is 0.774. The van der Waals surface area contributed by atoms with Gasteiger partial charge in [0, 0.05) is 6.20 Å². The van der Waals surface area contributed by atoms with E-state index in [2.05, 4.69) is 10.3 Å². The van der Waals surface area contributed by atoms with Gasteiger partial charge in [-0.25, -0.2) is 0 Å². The second-order valence-electron chi connectivity index (χ2n) is 5.65. The molecule has 3 aromatic rings. The van der Waals surface area contributed by atoms with Gasteiger partial charge in [-0.3, -0.25) is 14.0 Å². The predicted octanol–water partition coefficient (Wildman–Crippen LogP) is 2.20. The Morgan fingerprint density at radius 3 is 2.67 bits per heavy atom. The Morgan fingerprint density at radius 2 is 1.96 bits per heavy atom. The topological polar surface area (TPSA) is 83.7 Å². The Labute approximate surface area is 138 Å². The molecule has 2 aromatic heterocycles. The fourth-order valence-electron chi connectivity index (χ4n) is 2.52. The van der Waals surface area contributed by atoms with Crippen LogP contribution in [0.3, 0.4) is 0 Å². The molecular weight excluding hydrogens is 306 g/mol. The second kappa shape index (κ2) is 6.16. The summed E-state index contributed by atoms with van der Waals surface area (Å²) >= 11 is 0. The predicted molar refractivity (Wildman–Crippen MR) is 90.2 cm³/mol. The normalized spacial score (nSPS) is 12.1. The fourth-order valence-corrected chi connectivity index (χ4v) is 2.52. The average molecular weight is 323 g/mol. The van der Waals surface area contributed by atoms with Crippen molar-refractivity contribution in [3.63, 3.8) is 0 Å². The van der Waals surface area contributed by atoms with Gasteiger partial charge in [-0.2, -0.15) is 4.98 Å². The minimum absolute atomic E-state index is 0.296. The summed E-state index contributed by atoms with van der Waals surface area (Å²) in [5.74, 6) is -1.22. The summed E-state index contributed by atoms with van der Waals surface area (Å²) in [6.07, 6.45) is 1.54. The van der Waals surface area contributed by atoms with Crippen molar-refractivity contribution in [2.24, 2.45) is 0 Å². The highest BCUT2D eigenvalue weighted by Gasteiger charge is 2.21. The van der Waals surface area contributed by atoms with Gasteiger partial charge in [0.1, 0.15) is 5.65 Å². The maximum Gasteiger partial charge on any atom is 0.274 e. The second-order valence-corrected chi connectivity index (χ2v) is 5.65. The van der Waals surface area contributed by atoms with Crippen LogP contribution < -0.4 is 10.9 Å². The lowest BCUT2D eigenvalue weighted by Crippen LogP contribution is -2.33. The van der Waals surface area contributed by atoms with Gasteiger partial charge in [-0.15, -0.1) is 0 Å². The highest BCUT2D eigenvalue weighted by Crippen LogP contribution is 2.15. The van der Waals surface area contributed by atoms with Crippen molar-refractivity contribution in [2.45, 2.75) is 19.9 Å². The summed E-state index contributed by atoms with van der Waals surface area (Å²) in [5, 5.41) is 12.8. The number of amides is 1. The number of hydrogen-bond acceptors (Lipinski definition) is 4. The Hall–Kier alpha value is -3.15. The number of aromatic hydroxyl groups is 1. The molecular formula is C18H17N3O3. The molecule has 2 heterocycles. The van der Waals surface area contributed by atoms with Crippen LogP contribution in [0.5, 0.6) is 5.88 Å². The third-order valence-electron chi connectivity index (χ3n) is 3.84. The van der Waals surface area contributed by atoms with Crippen LogP contribution in [0.4, 0.5) is 0 Å². The van der Waals surface area contributed by atoms with E-state index in [1.54, 1.807) is 19.1 Å². The Kier molecular flexibility index (Phi) is 4.04. The summed E-state index contributed by atoms with van der Waals surface area (Å²) in [5.41, 5.74) is 1.13. The van der Waals surface area contributed by atoms with E-state index in [4.69, 9.17) is 0 Å². The molecule has 0 bridgehead atoms. The van der Waals surface area contributed by atoms with Crippen LogP contribution in [0, 0.1) is 6.92 Å². The zero-order valence-corrected chi connectivity index (χ0v) is 13.4. The molecule has 3 rings (SSSR count). The highest BCUT2D eigenvalue weighted by molar-refractivity contribution is 5.96. The summed E-state index contributed by atoms with van der Waals surface area (Å²) in [4.78, 5) is 28.9. The van der Waals surface area contributed by atoms with Crippen LogP contribution in [-0.4, -0.2) is 20.4 Å². The number of aromatic nitrogens is 2. The summed E-state index contributed by atoms with van der Waals surface area (Å²) in [6, 6.07) is 12.4. The molecule has 122 valence electrons. The molecule has 1 atom stereocenters. The van der Waals surface area contributed by atoms with Gasteiger partial charge in [-0.05, 0) is 37.1 Å². The molecule has 6 heteroatoms. The third kappa shape index (κ3) is 2.86. The lowest BCUT2D eigenvalue weighted by Gasteiger charge is -2.14. The van der Waals surface area contributed by atoms with Crippen molar-refractivity contribution >= 4 is 11.6 Å². The summed E-state index contributed by atoms with van der Waals surface area (Å²) in [7, 11) is 0. The van der Waals surface area contributed by atoms with Gasteiger partial charge in [0.25, 0.3) is 11.5 Å². The van der Waals surface area contributed by atoms with E-state index in [1.165, 1.54) is 10.6 Å². The number of pyridine rings is 1. The molecule has 0 aliphatic rings. The molecule has 0 saturated carbocycles. The van der Waals surface area contributed by atoms with E-state index in [0.29, 0.717) is 5.65 Å². The van der Waals surface area contributed by atoms with E-state index in [1.807, 2.05) is 37.3 Å². The van der Waals surface area contributed by atoms with Gasteiger partial charge in [0.05, 0.1) is 6.04 Å². The zero-order valence-electron chi connectivity index (χ0n) is 13.4. The van der Waals surface area contributed by atoms with Crippen LogP contribution in [-0.2, 0) is 0 Å². The monoisotopic (exact) mass is 323 g/mol. The van der Waals surface area contributed by atoms with E-state index < -0.39 is 17.3 Å². The highest BCUT2D eigenvalue weighted by atomic mass is 16.3. The first-order valence-electron chi connectivity index (χ1n) is 7.55. The van der Waals surface area contributed by atoms with Gasteiger partial charge >= 0.3 is 0 Å². The minimum atomic E-state index is -0.656. The number of fused-ring (bicyclic) bond motifs is 1. The number of nitrogens with one attached hydrogen (secondary N) is 1. The van der Waals surface area contributed by atoms with Gasteiger partial charge in [0.15, 0.2) is 5.56 Å². The molecule has 0 radical (unpaired) electrons. The smallest absolute Gasteiger partial charge is 0.274 e. The van der Waals surface area contributed by atoms with Crippen LogP contribution in [0.1, 0.15) is 34.5 Å². The molecule has 6 nitrogen and oxygen atoms in total. The number of hydrogen-bond donors (Lipinski definition) is 2. The maximum atomic E-state index is 12.5. The molecule has 0 saturated heterocycles. The first kappa shape index (κ1) is 15.7. The first-order valence-corrected chi connectivity index (χ1v) is 7.55. The molecule has 24 heavy (non-hydrogen) atoms. The number of nitrogens with zero attached hydrogens (tertiary/aromatic N) is 2. The first-order chi connectivity index (χ1) is 11.5. The number of rotatable bonds is 3. The average Bonchev–Trinajstić information content (AvgIpc) is 2.55. The molecule has 0 unspecified atom stereocenters. The Bertz CT molecular complexity index is 964. The maximum absolute atomic E-state index is 12.5. The van der Waals surface area contributed by atoms with Crippen molar-refractivity contribution in [2.75, 3.05) is 0 Å². The molecule has 1 aromatic carbocycles. The van der Waals surface area contributed by atoms with Crippen molar-refractivity contribution in [3.8, 4) is 5.88 Å². The molecule has 1 amide bonds. The van der Waals surface area contributed by atoms with Crippen molar-refractivity contribution < 1.29 is 9.90 Å². The molecule has 0 fully saturated rings. The largest absolute Gasteiger partial charge is 0.493 e. The van der Waals surface area contributed by atoms with Gasteiger partial charge in [-0.1, -0.05) is 30.3 Å². The number of carbonyl (C=O) groups excluding carboxylic acids is 1. The van der Waals surface area contributed by atoms with Crippen LogP contribution in [0.25, 0.3) is 5.65 Å². The number of carbonyl (C=O) groups is 1. The molecule has 0 spiro atoms. The van der Waals surface area contributed by atoms with Gasteiger partial charge in [0.2, 0.25) is 5.88 Å². The lowest BCUT2D eigenvalue weighted by atomic mass is 10.1. The molecule has 0 aliphatic carbocycles. The van der Waals surface area contributed by atoms with Crippen molar-refractivity contribution in [3.05, 3.63) is 75.7 Å². The molecule has 0 aliphatic heterocycles. The van der Waals surface area contributed by atoms with Crippen LogP contribution in [0.2, 0.25) is 0 Å². The Morgan fingerprint density at radius 1 is 1.25 bits per heavy atom. The molecule has 2 N–H and O–H groups in total. The van der Waals surface area contributed by atoms with Gasteiger partial charge < -0.3 is 10.4 Å². The van der Waals surface area contributed by atoms with Crippen LogP contribution in [0.15, 0.2) is 53.5 Å². The third-order valence-corrected chi connectivity index (χ3v) is 3.84. The fraction of sp³-hybridized carbons (Fsp3) is 0.167. The number of benzene rings is 1. The minimum Gasteiger partial charge on any atom is -0.493 e. The standard InChI is InChI=1S/C18H17N3O3/c1-11-8-9-21-14(10-11)20-17(23)15(18(21)24)16(22)19-12(2)13-6-4-3-5-7-13/h3-10,12,23H,1-2H3,(H,19,22)/t12-/m0/s1. The summed E-state index contributed by atoms with van der Waals surface area (Å²) < 4.78 is 1.24. The van der Waals surface area contributed by atoms with E-state index in [-0.39, 0.29) is 11.6 Å². The van der Waals surface area contributed by atoms with E-state index >= 15 is 0 Å². The van der Waals surface area contributed by atoms with Crippen molar-refractivity contribution in [1.29, 1.82) is 0 Å². The SMILES string of the molecule is Cc1ccn2c(=O)c(C(=O)N[C@@H](C)c3ccccc3)c(O)nc2c1. The van der Waals surface area contributed by atoms with Crippen molar-refractivity contribution in [1.82, 2.24) is 14.7 Å². The van der Waals surface area contributed by atoms with E-state index in [0.717, 1.165) is 11.1 Å². The lowest BCUT2D eigenvalue weighted by molar-refractivity contribution is 0.0934. The summed E-state index contributed by atoms with van der Waals surface area (Å²) in [6.45, 7) is 3.66. The number of aryl methyl sites for hydroxylation is 1. The Balaban J connectivity index is 1.98.